The smallest absolute Gasteiger partial charge is 0.406 e. The van der Waals surface area contributed by atoms with E-state index in [1.165, 1.54) is 18.2 Å². The molecule has 0 bridgehead atoms. The van der Waals surface area contributed by atoms with Crippen LogP contribution in [0, 0.1) is 0 Å². The van der Waals surface area contributed by atoms with E-state index in [1.54, 1.807) is 0 Å². The highest BCUT2D eigenvalue weighted by Crippen LogP contribution is 2.38. The van der Waals surface area contributed by atoms with Crippen LogP contribution in [0.5, 0.6) is 5.75 Å². The number of halogens is 4. The summed E-state index contributed by atoms with van der Waals surface area (Å²) in [4.78, 5) is -0.149. The van der Waals surface area contributed by atoms with Gasteiger partial charge in [-0.15, -0.1) is 13.2 Å². The molecule has 0 aliphatic heterocycles. The lowest BCUT2D eigenvalue weighted by atomic mass is 10.1. The van der Waals surface area contributed by atoms with Gasteiger partial charge in [0.15, 0.2) is 0 Å². The molecule has 1 aliphatic rings. The van der Waals surface area contributed by atoms with Crippen molar-refractivity contribution in [1.29, 1.82) is 0 Å². The topological polar surface area (TPSA) is 29.5 Å². The molecule has 2 nitrogen and oxygen atoms in total. The third-order valence-corrected chi connectivity index (χ3v) is 3.25. The molecule has 88 valence electrons. The van der Waals surface area contributed by atoms with Crippen molar-refractivity contribution in [3.8, 4) is 5.75 Å². The summed E-state index contributed by atoms with van der Waals surface area (Å²) >= 11 is 3.26. The van der Waals surface area contributed by atoms with Crippen molar-refractivity contribution < 1.29 is 23.0 Å². The molecule has 0 saturated heterocycles. The van der Waals surface area contributed by atoms with Crippen LogP contribution in [0.3, 0.4) is 0 Å². The zero-order valence-corrected chi connectivity index (χ0v) is 9.55. The molecule has 0 amide bonds. The van der Waals surface area contributed by atoms with Crippen molar-refractivity contribution in [3.63, 3.8) is 0 Å². The fourth-order valence-electron chi connectivity index (χ4n) is 1.76. The molecule has 1 aromatic carbocycles. The zero-order chi connectivity index (χ0) is 11.9. The SMILES string of the molecule is OC1c2ccc(OC(F)(F)F)cc2CC1Br. The predicted molar refractivity (Wildman–Crippen MR) is 54.5 cm³/mol. The maximum Gasteiger partial charge on any atom is 0.573 e. The Balaban J connectivity index is 2.25. The molecule has 0 heterocycles. The molecule has 2 rings (SSSR count). The van der Waals surface area contributed by atoms with Gasteiger partial charge in [-0.25, -0.2) is 0 Å². The summed E-state index contributed by atoms with van der Waals surface area (Å²) in [5, 5.41) is 9.66. The second kappa shape index (κ2) is 3.92. The Morgan fingerprint density at radius 2 is 2.06 bits per heavy atom. The number of rotatable bonds is 1. The normalized spacial score (nSPS) is 24.3. The largest absolute Gasteiger partial charge is 0.573 e. The van der Waals surface area contributed by atoms with Gasteiger partial charge in [0.1, 0.15) is 5.75 Å². The van der Waals surface area contributed by atoms with Crippen molar-refractivity contribution in [2.24, 2.45) is 0 Å². The maximum atomic E-state index is 12.0. The Kier molecular flexibility index (Phi) is 2.88. The van der Waals surface area contributed by atoms with Gasteiger partial charge >= 0.3 is 6.36 Å². The molecule has 0 fully saturated rings. The van der Waals surface area contributed by atoms with Crippen LogP contribution in [-0.4, -0.2) is 16.3 Å². The molecule has 2 unspecified atom stereocenters. The van der Waals surface area contributed by atoms with Crippen LogP contribution in [0.15, 0.2) is 18.2 Å². The number of ether oxygens (including phenoxy) is 1. The number of benzene rings is 1. The Morgan fingerprint density at radius 1 is 1.38 bits per heavy atom. The molecule has 0 radical (unpaired) electrons. The van der Waals surface area contributed by atoms with Gasteiger partial charge in [-0.1, -0.05) is 22.0 Å². The first kappa shape index (κ1) is 11.7. The summed E-state index contributed by atoms with van der Waals surface area (Å²) in [5.41, 5.74) is 1.33. The van der Waals surface area contributed by atoms with Gasteiger partial charge in [0, 0.05) is 4.83 Å². The second-order valence-corrected chi connectivity index (χ2v) is 4.75. The summed E-state index contributed by atoms with van der Waals surface area (Å²) in [6.45, 7) is 0. The lowest BCUT2D eigenvalue weighted by Gasteiger charge is -2.10. The number of aliphatic hydroxyl groups excluding tert-OH is 1. The molecular formula is C10H8BrF3O2. The third-order valence-electron chi connectivity index (χ3n) is 2.42. The van der Waals surface area contributed by atoms with Gasteiger partial charge in [0.2, 0.25) is 0 Å². The van der Waals surface area contributed by atoms with E-state index in [-0.39, 0.29) is 10.6 Å². The minimum absolute atomic E-state index is 0.149. The fourth-order valence-corrected chi connectivity index (χ4v) is 2.39. The van der Waals surface area contributed by atoms with E-state index < -0.39 is 12.5 Å². The van der Waals surface area contributed by atoms with Crippen molar-refractivity contribution in [2.75, 3.05) is 0 Å². The first-order chi connectivity index (χ1) is 7.37. The third kappa shape index (κ3) is 2.32. The number of aliphatic hydroxyl groups is 1. The molecule has 1 aliphatic carbocycles. The molecule has 0 spiro atoms. The van der Waals surface area contributed by atoms with Crippen molar-refractivity contribution in [1.82, 2.24) is 0 Å². The van der Waals surface area contributed by atoms with Gasteiger partial charge in [0.05, 0.1) is 6.10 Å². The van der Waals surface area contributed by atoms with Gasteiger partial charge in [-0.3, -0.25) is 0 Å². The van der Waals surface area contributed by atoms with Crippen molar-refractivity contribution in [2.45, 2.75) is 23.7 Å². The van der Waals surface area contributed by atoms with Crippen molar-refractivity contribution >= 4 is 15.9 Å². The molecule has 16 heavy (non-hydrogen) atoms. The minimum atomic E-state index is -4.68. The highest BCUT2D eigenvalue weighted by Gasteiger charge is 2.33. The number of fused-ring (bicyclic) bond motifs is 1. The quantitative estimate of drug-likeness (QED) is 0.808. The van der Waals surface area contributed by atoms with Crippen LogP contribution < -0.4 is 4.74 Å². The number of hydrogen-bond donors (Lipinski definition) is 1. The zero-order valence-electron chi connectivity index (χ0n) is 7.96. The van der Waals surface area contributed by atoms with Crippen LogP contribution in [0.2, 0.25) is 0 Å². The summed E-state index contributed by atoms with van der Waals surface area (Å²) in [6, 6.07) is 3.98. The standard InChI is InChI=1S/C10H8BrF3O2/c11-8-4-5-3-6(16-10(12,13)14)1-2-7(5)9(8)15/h1-3,8-9,15H,4H2. The summed E-state index contributed by atoms with van der Waals surface area (Å²) < 4.78 is 39.7. The molecule has 0 aromatic heterocycles. The maximum absolute atomic E-state index is 12.0. The average Bonchev–Trinajstić information content (AvgIpc) is 2.40. The van der Waals surface area contributed by atoms with Gasteiger partial charge < -0.3 is 9.84 Å². The van der Waals surface area contributed by atoms with E-state index in [0.717, 1.165) is 0 Å². The first-order valence-corrected chi connectivity index (χ1v) is 5.49. The highest BCUT2D eigenvalue weighted by molar-refractivity contribution is 9.09. The molecule has 6 heteroatoms. The van der Waals surface area contributed by atoms with Gasteiger partial charge in [-0.05, 0) is 29.7 Å². The first-order valence-electron chi connectivity index (χ1n) is 4.57. The summed E-state index contributed by atoms with van der Waals surface area (Å²) in [6.07, 6.45) is -4.86. The predicted octanol–water partition coefficient (Wildman–Crippen LogP) is 2.94. The van der Waals surface area contributed by atoms with Crippen LogP contribution in [-0.2, 0) is 6.42 Å². The number of hydrogen-bond acceptors (Lipinski definition) is 2. The summed E-state index contributed by atoms with van der Waals surface area (Å²) in [7, 11) is 0. The Labute approximate surface area is 98.2 Å². The average molecular weight is 297 g/mol. The van der Waals surface area contributed by atoms with E-state index in [9.17, 15) is 18.3 Å². The van der Waals surface area contributed by atoms with E-state index in [2.05, 4.69) is 20.7 Å². The van der Waals surface area contributed by atoms with E-state index in [0.29, 0.717) is 17.5 Å². The monoisotopic (exact) mass is 296 g/mol. The van der Waals surface area contributed by atoms with Crippen LogP contribution in [0.1, 0.15) is 17.2 Å². The highest BCUT2D eigenvalue weighted by atomic mass is 79.9. The summed E-state index contributed by atoms with van der Waals surface area (Å²) in [5.74, 6) is -0.250. The lowest BCUT2D eigenvalue weighted by Crippen LogP contribution is -2.17. The minimum Gasteiger partial charge on any atom is -0.406 e. The van der Waals surface area contributed by atoms with Gasteiger partial charge in [0.25, 0.3) is 0 Å². The molecule has 1 aromatic rings. The second-order valence-electron chi connectivity index (χ2n) is 3.57. The van der Waals surface area contributed by atoms with Crippen LogP contribution >= 0.6 is 15.9 Å². The number of alkyl halides is 4. The Bertz CT molecular complexity index is 406. The van der Waals surface area contributed by atoms with Crippen LogP contribution in [0.25, 0.3) is 0 Å². The molecule has 1 N–H and O–H groups in total. The Morgan fingerprint density at radius 3 is 2.69 bits per heavy atom. The van der Waals surface area contributed by atoms with E-state index in [1.807, 2.05) is 0 Å². The van der Waals surface area contributed by atoms with Crippen LogP contribution in [0.4, 0.5) is 13.2 Å². The lowest BCUT2D eigenvalue weighted by molar-refractivity contribution is -0.274. The van der Waals surface area contributed by atoms with E-state index >= 15 is 0 Å². The molecule has 0 saturated carbocycles. The van der Waals surface area contributed by atoms with E-state index in [4.69, 9.17) is 0 Å². The van der Waals surface area contributed by atoms with Crippen molar-refractivity contribution in [3.05, 3.63) is 29.3 Å². The Hall–Kier alpha value is -0.750. The van der Waals surface area contributed by atoms with Gasteiger partial charge in [-0.2, -0.15) is 0 Å². The fraction of sp³-hybridized carbons (Fsp3) is 0.400. The molecule has 2 atom stereocenters. The molecular weight excluding hydrogens is 289 g/mol.